The third-order valence-electron chi connectivity index (χ3n) is 2.82. The summed E-state index contributed by atoms with van der Waals surface area (Å²) in [5, 5.41) is 4.90. The lowest BCUT2D eigenvalue weighted by Crippen LogP contribution is -2.10. The summed E-state index contributed by atoms with van der Waals surface area (Å²) in [6.07, 6.45) is 0. The van der Waals surface area contributed by atoms with Crippen LogP contribution in [-0.4, -0.2) is 5.91 Å². The lowest BCUT2D eigenvalue weighted by molar-refractivity contribution is 0.0998. The Labute approximate surface area is 135 Å². The molecule has 0 aliphatic rings. The first-order chi connectivity index (χ1) is 10.0. The van der Waals surface area contributed by atoms with Crippen molar-refractivity contribution < 1.29 is 9.21 Å². The number of benzene rings is 2. The summed E-state index contributed by atoms with van der Waals surface area (Å²) in [7, 11) is 0. The molecule has 106 valence electrons. The second kappa shape index (κ2) is 5.60. The molecule has 0 unspecified atom stereocenters. The first-order valence-electron chi connectivity index (χ1n) is 5.98. The van der Waals surface area contributed by atoms with Crippen LogP contribution in [0.15, 0.2) is 46.9 Å². The van der Waals surface area contributed by atoms with Crippen LogP contribution in [0.1, 0.15) is 10.6 Å². The highest BCUT2D eigenvalue weighted by atomic mass is 35.5. The van der Waals surface area contributed by atoms with Crippen molar-refractivity contribution >= 4 is 57.4 Å². The van der Waals surface area contributed by atoms with Crippen molar-refractivity contribution in [2.75, 3.05) is 5.32 Å². The summed E-state index contributed by atoms with van der Waals surface area (Å²) < 4.78 is 5.48. The molecule has 6 heteroatoms. The number of halogens is 3. The van der Waals surface area contributed by atoms with Crippen LogP contribution in [0.25, 0.3) is 11.0 Å². The predicted molar refractivity (Wildman–Crippen MR) is 85.6 cm³/mol. The molecular weight excluding hydrogens is 333 g/mol. The largest absolute Gasteiger partial charge is 0.451 e. The number of rotatable bonds is 2. The summed E-state index contributed by atoms with van der Waals surface area (Å²) >= 11 is 17.7. The van der Waals surface area contributed by atoms with Crippen molar-refractivity contribution in [1.82, 2.24) is 0 Å². The first kappa shape index (κ1) is 14.3. The number of furan rings is 1. The van der Waals surface area contributed by atoms with Crippen LogP contribution < -0.4 is 5.32 Å². The van der Waals surface area contributed by atoms with E-state index in [0.29, 0.717) is 26.3 Å². The zero-order valence-electron chi connectivity index (χ0n) is 10.5. The number of carbonyl (C=O) groups is 1. The van der Waals surface area contributed by atoms with Crippen molar-refractivity contribution in [3.63, 3.8) is 0 Å². The predicted octanol–water partition coefficient (Wildman–Crippen LogP) is 5.65. The van der Waals surface area contributed by atoms with Crippen LogP contribution in [0.2, 0.25) is 15.1 Å². The van der Waals surface area contributed by atoms with E-state index in [1.807, 2.05) is 0 Å². The van der Waals surface area contributed by atoms with Gasteiger partial charge in [0, 0.05) is 26.1 Å². The molecule has 21 heavy (non-hydrogen) atoms. The van der Waals surface area contributed by atoms with E-state index in [0.717, 1.165) is 5.39 Å². The molecule has 0 saturated carbocycles. The highest BCUT2D eigenvalue weighted by Crippen LogP contribution is 2.25. The van der Waals surface area contributed by atoms with Gasteiger partial charge in [-0.05, 0) is 42.5 Å². The normalized spacial score (nSPS) is 10.8. The molecule has 0 aliphatic heterocycles. The van der Waals surface area contributed by atoms with E-state index >= 15 is 0 Å². The average Bonchev–Trinajstić information content (AvgIpc) is 2.80. The number of carbonyl (C=O) groups excluding carboxylic acids is 1. The summed E-state index contributed by atoms with van der Waals surface area (Å²) in [5.41, 5.74) is 1.09. The molecule has 0 aliphatic carbocycles. The van der Waals surface area contributed by atoms with Gasteiger partial charge < -0.3 is 9.73 Å². The molecule has 0 bridgehead atoms. The Hall–Kier alpha value is -1.68. The maximum absolute atomic E-state index is 12.2. The van der Waals surface area contributed by atoms with Gasteiger partial charge in [-0.15, -0.1) is 0 Å². The Kier molecular flexibility index (Phi) is 3.81. The first-order valence-corrected chi connectivity index (χ1v) is 7.11. The van der Waals surface area contributed by atoms with Crippen LogP contribution in [0.4, 0.5) is 5.69 Å². The number of hydrogen-bond donors (Lipinski definition) is 1. The molecule has 0 saturated heterocycles. The smallest absolute Gasteiger partial charge is 0.291 e. The fourth-order valence-electron chi connectivity index (χ4n) is 1.94. The number of fused-ring (bicyclic) bond motifs is 1. The number of nitrogens with one attached hydrogen (secondary N) is 1. The minimum Gasteiger partial charge on any atom is -0.451 e. The third-order valence-corrected chi connectivity index (χ3v) is 3.49. The molecule has 0 atom stereocenters. The van der Waals surface area contributed by atoms with E-state index in [1.54, 1.807) is 42.5 Å². The minimum atomic E-state index is -0.388. The van der Waals surface area contributed by atoms with Crippen LogP contribution in [0, 0.1) is 0 Å². The molecule has 2 aromatic carbocycles. The highest BCUT2D eigenvalue weighted by Gasteiger charge is 2.13. The lowest BCUT2D eigenvalue weighted by Gasteiger charge is -2.04. The van der Waals surface area contributed by atoms with Gasteiger partial charge in [-0.3, -0.25) is 4.79 Å². The Balaban J connectivity index is 1.89. The lowest BCUT2D eigenvalue weighted by atomic mass is 10.2. The second-order valence-electron chi connectivity index (χ2n) is 4.41. The summed E-state index contributed by atoms with van der Waals surface area (Å²) in [4.78, 5) is 12.2. The Morgan fingerprint density at radius 1 is 0.905 bits per heavy atom. The quantitative estimate of drug-likeness (QED) is 0.655. The summed E-state index contributed by atoms with van der Waals surface area (Å²) in [5.74, 6) is -0.205. The maximum Gasteiger partial charge on any atom is 0.291 e. The van der Waals surface area contributed by atoms with Gasteiger partial charge in [0.2, 0.25) is 0 Å². The molecule has 0 spiro atoms. The molecule has 1 amide bonds. The molecular formula is C15H8Cl3NO2. The minimum absolute atomic E-state index is 0.184. The number of anilines is 1. The van der Waals surface area contributed by atoms with Crippen LogP contribution in [-0.2, 0) is 0 Å². The van der Waals surface area contributed by atoms with Crippen molar-refractivity contribution in [1.29, 1.82) is 0 Å². The molecule has 3 rings (SSSR count). The van der Waals surface area contributed by atoms with Gasteiger partial charge in [0.15, 0.2) is 5.76 Å². The zero-order valence-corrected chi connectivity index (χ0v) is 12.8. The van der Waals surface area contributed by atoms with Gasteiger partial charge in [0.25, 0.3) is 5.91 Å². The Morgan fingerprint density at radius 2 is 1.62 bits per heavy atom. The maximum atomic E-state index is 12.2. The molecule has 1 N–H and O–H groups in total. The van der Waals surface area contributed by atoms with Crippen molar-refractivity contribution in [2.24, 2.45) is 0 Å². The Morgan fingerprint density at radius 3 is 2.33 bits per heavy atom. The van der Waals surface area contributed by atoms with E-state index in [-0.39, 0.29) is 11.7 Å². The molecule has 0 radical (unpaired) electrons. The van der Waals surface area contributed by atoms with E-state index < -0.39 is 0 Å². The average molecular weight is 341 g/mol. The molecule has 1 aromatic heterocycles. The van der Waals surface area contributed by atoms with E-state index in [2.05, 4.69) is 5.32 Å². The van der Waals surface area contributed by atoms with E-state index in [4.69, 9.17) is 39.2 Å². The van der Waals surface area contributed by atoms with Gasteiger partial charge >= 0.3 is 0 Å². The third kappa shape index (κ3) is 3.16. The molecule has 3 aromatic rings. The summed E-state index contributed by atoms with van der Waals surface area (Å²) in [6, 6.07) is 11.6. The summed E-state index contributed by atoms with van der Waals surface area (Å²) in [6.45, 7) is 0. The number of hydrogen-bond acceptors (Lipinski definition) is 2. The highest BCUT2D eigenvalue weighted by molar-refractivity contribution is 6.35. The van der Waals surface area contributed by atoms with Gasteiger partial charge in [-0.1, -0.05) is 34.8 Å². The zero-order chi connectivity index (χ0) is 15.0. The topological polar surface area (TPSA) is 42.2 Å². The molecule has 0 fully saturated rings. The molecule has 1 heterocycles. The SMILES string of the molecule is O=C(Nc1cc(Cl)cc(Cl)c1)c1cc2cc(Cl)ccc2o1. The second-order valence-corrected chi connectivity index (χ2v) is 5.71. The van der Waals surface area contributed by atoms with E-state index in [9.17, 15) is 4.79 Å². The van der Waals surface area contributed by atoms with Gasteiger partial charge in [-0.2, -0.15) is 0 Å². The fraction of sp³-hybridized carbons (Fsp3) is 0. The fourth-order valence-corrected chi connectivity index (χ4v) is 2.65. The monoisotopic (exact) mass is 339 g/mol. The van der Waals surface area contributed by atoms with Gasteiger partial charge in [-0.25, -0.2) is 0 Å². The van der Waals surface area contributed by atoms with Crippen LogP contribution in [0.5, 0.6) is 0 Å². The van der Waals surface area contributed by atoms with Crippen molar-refractivity contribution in [3.8, 4) is 0 Å². The Bertz CT molecular complexity index is 822. The number of amides is 1. The molecule has 3 nitrogen and oxygen atoms in total. The van der Waals surface area contributed by atoms with Gasteiger partial charge in [0.05, 0.1) is 0 Å². The van der Waals surface area contributed by atoms with Crippen molar-refractivity contribution in [2.45, 2.75) is 0 Å². The van der Waals surface area contributed by atoms with Crippen molar-refractivity contribution in [3.05, 3.63) is 63.3 Å². The van der Waals surface area contributed by atoms with Crippen LogP contribution in [0.3, 0.4) is 0 Å². The van der Waals surface area contributed by atoms with Crippen LogP contribution >= 0.6 is 34.8 Å². The van der Waals surface area contributed by atoms with E-state index in [1.165, 1.54) is 0 Å². The van der Waals surface area contributed by atoms with Gasteiger partial charge in [0.1, 0.15) is 5.58 Å². The standard InChI is InChI=1S/C15H8Cl3NO2/c16-9-1-2-13-8(3-9)4-14(21-13)15(20)19-12-6-10(17)5-11(18)7-12/h1-7H,(H,19,20).